The zero-order valence-corrected chi connectivity index (χ0v) is 12.8. The first-order chi connectivity index (χ1) is 10.4. The highest BCUT2D eigenvalue weighted by Crippen LogP contribution is 2.08. The van der Waals surface area contributed by atoms with Crippen LogP contribution in [0, 0.1) is 31.0 Å². The molecule has 0 aliphatic heterocycles. The molecule has 0 atom stereocenters. The molecule has 1 aromatic carbocycles. The van der Waals surface area contributed by atoms with Crippen LogP contribution in [0.5, 0.6) is 0 Å². The van der Waals surface area contributed by atoms with Crippen LogP contribution in [0.3, 0.4) is 0 Å². The minimum atomic E-state index is -0.406. The van der Waals surface area contributed by atoms with Crippen LogP contribution >= 0.6 is 0 Å². The molecule has 1 heterocycles. The molecule has 2 rings (SSSR count). The first-order valence-corrected chi connectivity index (χ1v) is 6.83. The molecule has 0 aliphatic rings. The van der Waals surface area contributed by atoms with E-state index in [2.05, 4.69) is 5.10 Å². The van der Waals surface area contributed by atoms with Gasteiger partial charge in [0, 0.05) is 6.54 Å². The van der Waals surface area contributed by atoms with Crippen LogP contribution in [0.15, 0.2) is 29.1 Å². The normalized spacial score (nSPS) is 10.7. The van der Waals surface area contributed by atoms with Gasteiger partial charge in [0.1, 0.15) is 17.4 Å². The molecule has 114 valence electrons. The van der Waals surface area contributed by atoms with Crippen molar-refractivity contribution in [1.82, 2.24) is 14.7 Å². The Kier molecular flexibility index (Phi) is 4.68. The van der Waals surface area contributed by atoms with E-state index in [-0.39, 0.29) is 18.0 Å². The largest absolute Gasteiger partial charge is 0.286 e. The van der Waals surface area contributed by atoms with Crippen molar-refractivity contribution in [2.45, 2.75) is 27.1 Å². The number of benzene rings is 1. The first kappa shape index (κ1) is 15.9. The monoisotopic (exact) mass is 300 g/mol. The average Bonchev–Trinajstić information content (AvgIpc) is 2.45. The van der Waals surface area contributed by atoms with Gasteiger partial charge in [-0.2, -0.15) is 10.4 Å². The Hall–Kier alpha value is -2.52. The molecular formula is C16H17FN4O. The molecule has 0 amide bonds. The van der Waals surface area contributed by atoms with Gasteiger partial charge >= 0.3 is 0 Å². The summed E-state index contributed by atoms with van der Waals surface area (Å²) in [6.07, 6.45) is 0. The second-order valence-electron chi connectivity index (χ2n) is 5.29. The van der Waals surface area contributed by atoms with E-state index in [4.69, 9.17) is 5.26 Å². The number of hydrogen-bond donors (Lipinski definition) is 0. The zero-order chi connectivity index (χ0) is 16.3. The second-order valence-corrected chi connectivity index (χ2v) is 5.29. The lowest BCUT2D eigenvalue weighted by Gasteiger charge is -2.18. The molecule has 6 heteroatoms. The predicted octanol–water partition coefficient (Wildman–Crippen LogP) is 1.96. The van der Waals surface area contributed by atoms with Crippen LogP contribution in [0.2, 0.25) is 0 Å². The van der Waals surface area contributed by atoms with E-state index in [0.717, 1.165) is 5.56 Å². The SMILES string of the molecule is Cc1nn(CN(C)Cc2cccc(F)c2)c(=O)c(C#N)c1C. The Morgan fingerprint density at radius 3 is 2.77 bits per heavy atom. The van der Waals surface area contributed by atoms with Gasteiger partial charge in [0.15, 0.2) is 0 Å². The highest BCUT2D eigenvalue weighted by molar-refractivity contribution is 5.36. The maximum Gasteiger partial charge on any atom is 0.286 e. The van der Waals surface area contributed by atoms with Crippen LogP contribution < -0.4 is 5.56 Å². The smallest absolute Gasteiger partial charge is 0.283 e. The van der Waals surface area contributed by atoms with Crippen LogP contribution in [0.1, 0.15) is 22.4 Å². The quantitative estimate of drug-likeness (QED) is 0.866. The molecule has 0 saturated heterocycles. The van der Waals surface area contributed by atoms with E-state index < -0.39 is 5.56 Å². The molecule has 0 spiro atoms. The third-order valence-electron chi connectivity index (χ3n) is 3.47. The second kappa shape index (κ2) is 6.50. The van der Waals surface area contributed by atoms with Gasteiger partial charge in [-0.1, -0.05) is 12.1 Å². The van der Waals surface area contributed by atoms with Gasteiger partial charge in [-0.15, -0.1) is 0 Å². The summed E-state index contributed by atoms with van der Waals surface area (Å²) in [5, 5.41) is 13.3. The van der Waals surface area contributed by atoms with Crippen molar-refractivity contribution in [2.75, 3.05) is 7.05 Å². The summed E-state index contributed by atoms with van der Waals surface area (Å²) in [4.78, 5) is 14.0. The summed E-state index contributed by atoms with van der Waals surface area (Å²) in [5.74, 6) is -0.292. The Morgan fingerprint density at radius 1 is 1.41 bits per heavy atom. The lowest BCUT2D eigenvalue weighted by atomic mass is 10.1. The van der Waals surface area contributed by atoms with E-state index in [9.17, 15) is 9.18 Å². The maximum atomic E-state index is 13.2. The number of aryl methyl sites for hydroxylation is 1. The van der Waals surface area contributed by atoms with E-state index in [1.807, 2.05) is 17.0 Å². The Bertz CT molecular complexity index is 792. The van der Waals surface area contributed by atoms with Crippen molar-refractivity contribution in [3.05, 3.63) is 62.8 Å². The predicted molar refractivity (Wildman–Crippen MR) is 80.6 cm³/mol. The van der Waals surface area contributed by atoms with Crippen molar-refractivity contribution in [2.24, 2.45) is 0 Å². The molecular weight excluding hydrogens is 283 g/mol. The molecule has 0 saturated carbocycles. The third kappa shape index (κ3) is 3.38. The lowest BCUT2D eigenvalue weighted by Crippen LogP contribution is -2.34. The van der Waals surface area contributed by atoms with Crippen LogP contribution in [-0.2, 0) is 13.2 Å². The average molecular weight is 300 g/mol. The molecule has 0 N–H and O–H groups in total. The minimum absolute atomic E-state index is 0.117. The van der Waals surface area contributed by atoms with Gasteiger partial charge in [0.2, 0.25) is 0 Å². The third-order valence-corrected chi connectivity index (χ3v) is 3.47. The van der Waals surface area contributed by atoms with Crippen molar-refractivity contribution in [3.8, 4) is 6.07 Å². The molecule has 1 aromatic heterocycles. The van der Waals surface area contributed by atoms with Gasteiger partial charge in [-0.25, -0.2) is 9.07 Å². The molecule has 5 nitrogen and oxygen atoms in total. The highest BCUT2D eigenvalue weighted by Gasteiger charge is 2.12. The van der Waals surface area contributed by atoms with Gasteiger partial charge < -0.3 is 0 Å². The van der Waals surface area contributed by atoms with E-state index in [1.165, 1.54) is 16.8 Å². The van der Waals surface area contributed by atoms with Crippen LogP contribution in [0.25, 0.3) is 0 Å². The zero-order valence-electron chi connectivity index (χ0n) is 12.8. The van der Waals surface area contributed by atoms with Crippen molar-refractivity contribution >= 4 is 0 Å². The molecule has 0 unspecified atom stereocenters. The molecule has 22 heavy (non-hydrogen) atoms. The minimum Gasteiger partial charge on any atom is -0.283 e. The number of rotatable bonds is 4. The van der Waals surface area contributed by atoms with E-state index >= 15 is 0 Å². The number of hydrogen-bond acceptors (Lipinski definition) is 4. The fourth-order valence-electron chi connectivity index (χ4n) is 2.23. The molecule has 2 aromatic rings. The number of nitriles is 1. The first-order valence-electron chi connectivity index (χ1n) is 6.83. The summed E-state index contributed by atoms with van der Waals surface area (Å²) >= 11 is 0. The van der Waals surface area contributed by atoms with E-state index in [0.29, 0.717) is 17.8 Å². The Morgan fingerprint density at radius 2 is 2.14 bits per heavy atom. The summed E-state index contributed by atoms with van der Waals surface area (Å²) < 4.78 is 14.4. The summed E-state index contributed by atoms with van der Waals surface area (Å²) in [7, 11) is 1.81. The number of nitrogens with zero attached hydrogens (tertiary/aromatic N) is 4. The molecule has 0 radical (unpaired) electrons. The summed E-state index contributed by atoms with van der Waals surface area (Å²) in [6.45, 7) is 4.17. The number of aromatic nitrogens is 2. The fourth-order valence-corrected chi connectivity index (χ4v) is 2.23. The molecule has 0 bridgehead atoms. The lowest BCUT2D eigenvalue weighted by molar-refractivity contribution is 0.238. The highest BCUT2D eigenvalue weighted by atomic mass is 19.1. The van der Waals surface area contributed by atoms with Crippen molar-refractivity contribution in [1.29, 1.82) is 5.26 Å². The van der Waals surface area contributed by atoms with Gasteiger partial charge in [-0.05, 0) is 44.2 Å². The molecule has 0 fully saturated rings. The summed E-state index contributed by atoms with van der Waals surface area (Å²) in [5.41, 5.74) is 1.77. The van der Waals surface area contributed by atoms with E-state index in [1.54, 1.807) is 27.0 Å². The van der Waals surface area contributed by atoms with Gasteiger partial charge in [-0.3, -0.25) is 9.69 Å². The van der Waals surface area contributed by atoms with Gasteiger partial charge in [0.05, 0.1) is 12.4 Å². The van der Waals surface area contributed by atoms with Crippen molar-refractivity contribution in [3.63, 3.8) is 0 Å². The van der Waals surface area contributed by atoms with Crippen LogP contribution in [-0.4, -0.2) is 21.7 Å². The Balaban J connectivity index is 2.22. The Labute approximate surface area is 128 Å². The number of halogens is 1. The topological polar surface area (TPSA) is 61.9 Å². The molecule has 0 aliphatic carbocycles. The van der Waals surface area contributed by atoms with Crippen LogP contribution in [0.4, 0.5) is 4.39 Å². The maximum absolute atomic E-state index is 13.2. The fraction of sp³-hybridized carbons (Fsp3) is 0.312. The standard InChI is InChI=1S/C16H17FN4O/c1-11-12(2)19-21(16(22)15(11)8-18)10-20(3)9-13-5-4-6-14(17)7-13/h4-7H,9-10H2,1-3H3. The van der Waals surface area contributed by atoms with Crippen molar-refractivity contribution < 1.29 is 4.39 Å². The van der Waals surface area contributed by atoms with Gasteiger partial charge in [0.25, 0.3) is 5.56 Å². The summed E-state index contributed by atoms with van der Waals surface area (Å²) in [6, 6.07) is 8.23.